The van der Waals surface area contributed by atoms with E-state index < -0.39 is 26.5 Å². The first-order valence-corrected chi connectivity index (χ1v) is 38.1. The SMILES string of the molecule is CC/C=C\C/C=C\C/C=C\C/C=C\C/C=C\C/C=C\C/C=C\C/C=C\CCCCCCCCCCCCCCC(=O)OC(COC(=O)CCCCCCCCCCCCCCCCC/C=C\CCCCCCCCCC)COP(=O)(O)OCC[N+](C)(C)C. The molecule has 0 saturated carbocycles. The smallest absolute Gasteiger partial charge is 0.462 e. The van der Waals surface area contributed by atoms with Crippen LogP contribution in [0.5, 0.6) is 0 Å². The predicted molar refractivity (Wildman–Crippen MR) is 381 cm³/mol. The summed E-state index contributed by atoms with van der Waals surface area (Å²) in [5.41, 5.74) is 0. The molecule has 508 valence electrons. The molecule has 0 amide bonds. The maximum absolute atomic E-state index is 12.9. The molecule has 0 rings (SSSR count). The lowest BCUT2D eigenvalue weighted by atomic mass is 10.0. The van der Waals surface area contributed by atoms with Gasteiger partial charge < -0.3 is 18.9 Å². The molecule has 9 nitrogen and oxygen atoms in total. The zero-order chi connectivity index (χ0) is 64.1. The fourth-order valence-electron chi connectivity index (χ4n) is 10.2. The van der Waals surface area contributed by atoms with Crippen molar-refractivity contribution in [3.8, 4) is 0 Å². The summed E-state index contributed by atoms with van der Waals surface area (Å²) in [5.74, 6) is -0.792. The lowest BCUT2D eigenvalue weighted by Gasteiger charge is -2.24. The number of nitrogens with zero attached hydrogens (tertiary/aromatic N) is 1. The number of allylic oxidation sites excluding steroid dienone is 18. The van der Waals surface area contributed by atoms with Gasteiger partial charge >= 0.3 is 19.8 Å². The van der Waals surface area contributed by atoms with E-state index in [1.165, 1.54) is 199 Å². The molecule has 1 N–H and O–H groups in total. The lowest BCUT2D eigenvalue weighted by Crippen LogP contribution is -2.37. The zero-order valence-electron chi connectivity index (χ0n) is 57.9. The predicted octanol–water partition coefficient (Wildman–Crippen LogP) is 24.1. The fraction of sp³-hybridized carbons (Fsp3) is 0.744. The van der Waals surface area contributed by atoms with Crippen LogP contribution < -0.4 is 0 Å². The second-order valence-corrected chi connectivity index (χ2v) is 27.0. The van der Waals surface area contributed by atoms with Crippen molar-refractivity contribution in [2.45, 2.75) is 328 Å². The molecular weight excluding hydrogens is 1110 g/mol. The number of phosphoric ester groups is 1. The highest BCUT2D eigenvalue weighted by Crippen LogP contribution is 2.43. The van der Waals surface area contributed by atoms with Crippen LogP contribution in [0, 0.1) is 0 Å². The van der Waals surface area contributed by atoms with Gasteiger partial charge in [0.25, 0.3) is 0 Å². The lowest BCUT2D eigenvalue weighted by molar-refractivity contribution is -0.870. The Morgan fingerprint density at radius 3 is 0.977 bits per heavy atom. The van der Waals surface area contributed by atoms with Crippen molar-refractivity contribution in [1.82, 2.24) is 0 Å². The molecule has 0 radical (unpaired) electrons. The van der Waals surface area contributed by atoms with E-state index in [-0.39, 0.29) is 32.0 Å². The van der Waals surface area contributed by atoms with Gasteiger partial charge in [-0.1, -0.05) is 316 Å². The molecule has 0 bridgehead atoms. The van der Waals surface area contributed by atoms with Gasteiger partial charge in [-0.15, -0.1) is 0 Å². The van der Waals surface area contributed by atoms with Gasteiger partial charge in [0.15, 0.2) is 6.10 Å². The van der Waals surface area contributed by atoms with Crippen LogP contribution in [0.2, 0.25) is 0 Å². The minimum absolute atomic E-state index is 0.0286. The van der Waals surface area contributed by atoms with Crippen LogP contribution in [0.15, 0.2) is 109 Å². The Morgan fingerprint density at radius 1 is 0.364 bits per heavy atom. The summed E-state index contributed by atoms with van der Waals surface area (Å²) < 4.78 is 34.8. The zero-order valence-corrected chi connectivity index (χ0v) is 58.8. The van der Waals surface area contributed by atoms with Crippen LogP contribution in [-0.2, 0) is 32.7 Å². The average molecular weight is 1250 g/mol. The molecule has 2 atom stereocenters. The fourth-order valence-corrected chi connectivity index (χ4v) is 10.9. The number of carbonyl (C=O) groups is 2. The third-order valence-electron chi connectivity index (χ3n) is 15.8. The summed E-state index contributed by atoms with van der Waals surface area (Å²) in [6.45, 7) is 4.35. The van der Waals surface area contributed by atoms with E-state index in [0.717, 1.165) is 89.9 Å². The number of quaternary nitrogens is 1. The Hall–Kier alpha value is -3.33. The first-order valence-electron chi connectivity index (χ1n) is 36.6. The Kier molecular flexibility index (Phi) is 65.5. The van der Waals surface area contributed by atoms with Crippen molar-refractivity contribution >= 4 is 19.8 Å². The van der Waals surface area contributed by atoms with E-state index in [2.05, 4.69) is 123 Å². The van der Waals surface area contributed by atoms with Gasteiger partial charge in [0.2, 0.25) is 0 Å². The number of ether oxygens (including phenoxy) is 2. The molecule has 0 aromatic heterocycles. The van der Waals surface area contributed by atoms with Crippen LogP contribution >= 0.6 is 7.82 Å². The van der Waals surface area contributed by atoms with E-state index in [4.69, 9.17) is 18.5 Å². The van der Waals surface area contributed by atoms with Crippen molar-refractivity contribution in [2.24, 2.45) is 0 Å². The van der Waals surface area contributed by atoms with Crippen molar-refractivity contribution in [2.75, 3.05) is 47.5 Å². The molecule has 88 heavy (non-hydrogen) atoms. The molecule has 0 spiro atoms. The third-order valence-corrected chi connectivity index (χ3v) is 16.8. The third kappa shape index (κ3) is 71.7. The molecule has 2 unspecified atom stereocenters. The summed E-state index contributed by atoms with van der Waals surface area (Å²) in [6, 6.07) is 0. The van der Waals surface area contributed by atoms with E-state index in [0.29, 0.717) is 17.4 Å². The molecular formula is C78H139NO8P+. The summed E-state index contributed by atoms with van der Waals surface area (Å²) in [4.78, 5) is 35.9. The Labute approximate surface area is 544 Å². The van der Waals surface area contributed by atoms with Gasteiger partial charge in [-0.2, -0.15) is 0 Å². The maximum atomic E-state index is 12.9. The van der Waals surface area contributed by atoms with E-state index in [9.17, 15) is 19.0 Å². The molecule has 0 aromatic rings. The van der Waals surface area contributed by atoms with Gasteiger partial charge in [-0.3, -0.25) is 18.6 Å². The first-order chi connectivity index (χ1) is 43.0. The number of rotatable bonds is 67. The van der Waals surface area contributed by atoms with Gasteiger partial charge in [-0.05, 0) is 103 Å². The van der Waals surface area contributed by atoms with E-state index in [1.807, 2.05) is 21.1 Å². The minimum atomic E-state index is -4.40. The van der Waals surface area contributed by atoms with E-state index >= 15 is 0 Å². The molecule has 0 aromatic carbocycles. The highest BCUT2D eigenvalue weighted by Gasteiger charge is 2.27. The van der Waals surface area contributed by atoms with Crippen molar-refractivity contribution < 1.29 is 42.1 Å². The van der Waals surface area contributed by atoms with Crippen LogP contribution in [0.25, 0.3) is 0 Å². The highest BCUT2D eigenvalue weighted by molar-refractivity contribution is 7.47. The monoisotopic (exact) mass is 1250 g/mol. The van der Waals surface area contributed by atoms with Gasteiger partial charge in [-0.25, -0.2) is 4.57 Å². The topological polar surface area (TPSA) is 108 Å². The number of hydrogen-bond donors (Lipinski definition) is 1. The van der Waals surface area contributed by atoms with Crippen molar-refractivity contribution in [1.29, 1.82) is 0 Å². The molecule has 0 aliphatic heterocycles. The molecule has 0 saturated heterocycles. The van der Waals surface area contributed by atoms with Crippen molar-refractivity contribution in [3.63, 3.8) is 0 Å². The van der Waals surface area contributed by atoms with Crippen LogP contribution in [0.4, 0.5) is 0 Å². The molecule has 10 heteroatoms. The minimum Gasteiger partial charge on any atom is -0.462 e. The summed E-state index contributed by atoms with van der Waals surface area (Å²) in [7, 11) is 1.48. The van der Waals surface area contributed by atoms with Gasteiger partial charge in [0, 0.05) is 12.8 Å². The highest BCUT2D eigenvalue weighted by atomic mass is 31.2. The Balaban J connectivity index is 4.05. The molecule has 0 aliphatic carbocycles. The second kappa shape index (κ2) is 68.0. The largest absolute Gasteiger partial charge is 0.472 e. The number of likely N-dealkylation sites (N-methyl/N-ethyl adjacent to an activating group) is 1. The number of phosphoric acid groups is 1. The maximum Gasteiger partial charge on any atom is 0.472 e. The number of carbonyl (C=O) groups excluding carboxylic acids is 2. The Morgan fingerprint density at radius 2 is 0.648 bits per heavy atom. The standard InChI is InChI=1S/C78H138NO8P/c1-6-8-10-12-14-16-18-20-22-24-26-28-30-32-34-35-36-37-38-39-40-41-42-43-45-47-49-51-53-55-57-59-61-63-65-67-69-71-78(81)87-76(75-86-88(82,83)85-73-72-79(3,4)5)74-84-77(80)70-68-66-64-62-60-58-56-54-52-50-48-46-44-33-31-29-27-25-23-21-19-17-15-13-11-9-7-2/h8,10,14,16,20,22,25-28,32,34,36-37,39-40,42-43,76H,6-7,9,11-13,15,17-19,21,23-24,29-31,33,35,38,41,44-75H2,1-5H3/p+1/b10-8-,16-14-,22-20-,27-25-,28-26-,34-32-,37-36-,40-39-,43-42-. The first kappa shape index (κ1) is 84.7. The molecule has 0 fully saturated rings. The number of hydrogen-bond acceptors (Lipinski definition) is 7. The summed E-state index contributed by atoms with van der Waals surface area (Å²) >= 11 is 0. The molecule has 0 heterocycles. The normalized spacial score (nSPS) is 13.8. The van der Waals surface area contributed by atoms with Gasteiger partial charge in [0.05, 0.1) is 27.7 Å². The second-order valence-electron chi connectivity index (χ2n) is 25.6. The van der Waals surface area contributed by atoms with Crippen molar-refractivity contribution in [3.05, 3.63) is 109 Å². The number of esters is 2. The van der Waals surface area contributed by atoms with Gasteiger partial charge in [0.1, 0.15) is 19.8 Å². The summed E-state index contributed by atoms with van der Waals surface area (Å²) in [5, 5.41) is 0. The average Bonchev–Trinajstić information content (AvgIpc) is 3.68. The van der Waals surface area contributed by atoms with Crippen LogP contribution in [0.3, 0.4) is 0 Å². The number of unbranched alkanes of at least 4 members (excludes halogenated alkanes) is 35. The Bertz CT molecular complexity index is 1850. The van der Waals surface area contributed by atoms with E-state index in [1.54, 1.807) is 0 Å². The molecule has 0 aliphatic rings. The van der Waals surface area contributed by atoms with Crippen LogP contribution in [0.1, 0.15) is 322 Å². The quantitative estimate of drug-likeness (QED) is 0.0211. The van der Waals surface area contributed by atoms with Crippen LogP contribution in [-0.4, -0.2) is 74.9 Å². The summed E-state index contributed by atoms with van der Waals surface area (Å²) in [6.07, 6.45) is 96.3.